The van der Waals surface area contributed by atoms with E-state index in [1.54, 1.807) is 0 Å². The lowest BCUT2D eigenvalue weighted by molar-refractivity contribution is -0.271. The first kappa shape index (κ1) is 27.5. The van der Waals surface area contributed by atoms with Gasteiger partial charge in [-0.15, -0.1) is 0 Å². The third-order valence-electron chi connectivity index (χ3n) is 11.5. The lowest BCUT2D eigenvalue weighted by Gasteiger charge is -2.51. The fraction of sp³-hybridized carbons (Fsp3) is 0.556. The van der Waals surface area contributed by atoms with Crippen molar-refractivity contribution in [2.45, 2.75) is 103 Å². The topological polar surface area (TPSA) is 93.1 Å². The highest BCUT2D eigenvalue weighted by atomic mass is 16.3. The molecule has 0 saturated heterocycles. The molecule has 0 spiro atoms. The van der Waals surface area contributed by atoms with E-state index in [-0.39, 0.29) is 55.8 Å². The summed E-state index contributed by atoms with van der Waals surface area (Å²) in [5, 5.41) is 51.8. The molecule has 2 N–H and O–H groups in total. The first-order valence-electron chi connectivity index (χ1n) is 15.6. The Labute approximate surface area is 250 Å². The van der Waals surface area contributed by atoms with E-state index in [9.17, 15) is 20.4 Å². The first-order chi connectivity index (χ1) is 19.5. The van der Waals surface area contributed by atoms with Crippen LogP contribution in [0.1, 0.15) is 114 Å². The Morgan fingerprint density at radius 2 is 0.857 bits per heavy atom. The summed E-state index contributed by atoms with van der Waals surface area (Å²) in [6, 6.07) is 3.82. The summed E-state index contributed by atoms with van der Waals surface area (Å²) in [5.41, 5.74) is 5.93. The minimum absolute atomic E-state index is 0.130. The van der Waals surface area contributed by atoms with Gasteiger partial charge in [0.15, 0.2) is 0 Å². The van der Waals surface area contributed by atoms with E-state index in [2.05, 4.69) is 65.2 Å². The van der Waals surface area contributed by atoms with Gasteiger partial charge in [-0.25, -0.2) is 0 Å². The normalized spacial score (nSPS) is 24.3. The molecule has 6 heteroatoms. The number of anilines is 2. The van der Waals surface area contributed by atoms with Gasteiger partial charge in [0.05, 0.1) is 11.1 Å². The van der Waals surface area contributed by atoms with Crippen molar-refractivity contribution in [1.29, 1.82) is 0 Å². The monoisotopic (exact) mass is 568 g/mol. The third kappa shape index (κ3) is 3.44. The van der Waals surface area contributed by atoms with Crippen LogP contribution in [-0.2, 0) is 21.7 Å². The molecular weight excluding hydrogens is 524 g/mol. The van der Waals surface area contributed by atoms with Gasteiger partial charge in [0.2, 0.25) is 0 Å². The number of aliphatic hydroxyl groups excluding tert-OH is 2. The van der Waals surface area contributed by atoms with Gasteiger partial charge in [-0.2, -0.15) is 0 Å². The van der Waals surface area contributed by atoms with Crippen molar-refractivity contribution in [2.75, 3.05) is 36.0 Å². The maximum absolute atomic E-state index is 14.2. The van der Waals surface area contributed by atoms with Crippen molar-refractivity contribution in [3.8, 4) is 11.5 Å². The van der Waals surface area contributed by atoms with Crippen LogP contribution in [0.15, 0.2) is 23.7 Å². The Bertz CT molecular complexity index is 1500. The molecule has 4 aliphatic heterocycles. The number of benzene rings is 2. The molecule has 1 aliphatic carbocycles. The molecule has 224 valence electrons. The molecular formula is C36H44N2O4-2. The second-order valence-electron chi connectivity index (χ2n) is 16.0. The molecule has 2 aromatic rings. The van der Waals surface area contributed by atoms with E-state index in [1.165, 1.54) is 0 Å². The molecule has 0 radical (unpaired) electrons. The Kier molecular flexibility index (Phi) is 5.38. The smallest absolute Gasteiger partial charge is 0.138 e. The largest absolute Gasteiger partial charge is 0.872 e. The van der Waals surface area contributed by atoms with Crippen LogP contribution in [0.3, 0.4) is 0 Å². The molecule has 4 heterocycles. The molecule has 7 rings (SSSR count). The number of nitrogens with zero attached hydrogens (tertiary/aromatic N) is 2. The van der Waals surface area contributed by atoms with Crippen LogP contribution < -0.4 is 20.0 Å². The van der Waals surface area contributed by atoms with E-state index in [0.29, 0.717) is 11.1 Å². The first-order valence-corrected chi connectivity index (χ1v) is 15.6. The minimum Gasteiger partial charge on any atom is -0.872 e. The van der Waals surface area contributed by atoms with Crippen LogP contribution in [0.5, 0.6) is 11.5 Å². The van der Waals surface area contributed by atoms with E-state index < -0.39 is 0 Å². The Balaban J connectivity index is 1.43. The summed E-state index contributed by atoms with van der Waals surface area (Å²) in [4.78, 5) is 4.69. The van der Waals surface area contributed by atoms with Crippen LogP contribution in [-0.4, -0.2) is 36.4 Å². The summed E-state index contributed by atoms with van der Waals surface area (Å²) in [6.45, 7) is 21.0. The number of hydrogen-bond donors (Lipinski definition) is 2. The molecule has 0 amide bonds. The molecule has 5 aliphatic rings. The van der Waals surface area contributed by atoms with Crippen LogP contribution in [0.25, 0.3) is 11.1 Å². The Morgan fingerprint density at radius 3 is 1.19 bits per heavy atom. The van der Waals surface area contributed by atoms with E-state index in [4.69, 9.17) is 0 Å². The lowest BCUT2D eigenvalue weighted by atomic mass is 9.66. The predicted octanol–water partition coefficient (Wildman–Crippen LogP) is 6.42. The molecule has 6 nitrogen and oxygen atoms in total. The second kappa shape index (κ2) is 8.21. The lowest BCUT2D eigenvalue weighted by Crippen LogP contribution is -2.45. The molecule has 0 unspecified atom stereocenters. The van der Waals surface area contributed by atoms with E-state index in [1.807, 2.05) is 12.1 Å². The van der Waals surface area contributed by atoms with Gasteiger partial charge >= 0.3 is 0 Å². The number of aliphatic hydroxyl groups is 2. The summed E-state index contributed by atoms with van der Waals surface area (Å²) in [6.07, 6.45) is 3.68. The van der Waals surface area contributed by atoms with Crippen LogP contribution in [0, 0.1) is 0 Å². The summed E-state index contributed by atoms with van der Waals surface area (Å²) in [7, 11) is 0. The minimum atomic E-state index is -0.324. The number of rotatable bonds is 2. The zero-order valence-corrected chi connectivity index (χ0v) is 26.4. The highest BCUT2D eigenvalue weighted by Crippen LogP contribution is 2.59. The van der Waals surface area contributed by atoms with E-state index in [0.717, 1.165) is 85.5 Å². The zero-order valence-electron chi connectivity index (χ0n) is 26.4. The third-order valence-corrected chi connectivity index (χ3v) is 11.5. The van der Waals surface area contributed by atoms with Crippen LogP contribution in [0.4, 0.5) is 11.4 Å². The molecule has 0 aromatic heterocycles. The Hall–Kier alpha value is -3.28. The molecule has 42 heavy (non-hydrogen) atoms. The summed E-state index contributed by atoms with van der Waals surface area (Å²) in [5.74, 6) is -0.568. The van der Waals surface area contributed by atoms with Crippen molar-refractivity contribution >= 4 is 22.5 Å². The highest BCUT2D eigenvalue weighted by molar-refractivity contribution is 6.09. The van der Waals surface area contributed by atoms with Crippen LogP contribution in [0.2, 0.25) is 0 Å². The zero-order chi connectivity index (χ0) is 30.3. The highest BCUT2D eigenvalue weighted by Gasteiger charge is 2.45. The maximum Gasteiger partial charge on any atom is 0.138 e. The number of hydrogen-bond acceptors (Lipinski definition) is 6. The summed E-state index contributed by atoms with van der Waals surface area (Å²) < 4.78 is 0. The van der Waals surface area contributed by atoms with Gasteiger partial charge in [0.25, 0.3) is 0 Å². The average molecular weight is 569 g/mol. The van der Waals surface area contributed by atoms with E-state index >= 15 is 0 Å². The van der Waals surface area contributed by atoms with Gasteiger partial charge in [-0.3, -0.25) is 0 Å². The van der Waals surface area contributed by atoms with Gasteiger partial charge in [-0.05, 0) is 92.9 Å². The average Bonchev–Trinajstić information content (AvgIpc) is 2.88. The maximum atomic E-state index is 14.2. The fourth-order valence-corrected chi connectivity index (χ4v) is 8.40. The number of allylic oxidation sites excluding steroid dienone is 2. The molecule has 0 bridgehead atoms. The fourth-order valence-electron chi connectivity index (χ4n) is 8.40. The molecule has 2 aromatic carbocycles. The van der Waals surface area contributed by atoms with Gasteiger partial charge in [0, 0.05) is 37.6 Å². The van der Waals surface area contributed by atoms with Gasteiger partial charge in [-0.1, -0.05) is 66.9 Å². The van der Waals surface area contributed by atoms with Crippen LogP contribution >= 0.6 is 0 Å². The second-order valence-corrected chi connectivity index (χ2v) is 16.0. The SMILES string of the molecule is CC1(C)CCN2CCC(C)(C)c3c([O-])c(C4=C(O)C(c5cc6c7c(c5[O-])C(C)(C)CCN7CCC6(C)C)=C4O)cc1c32. The van der Waals surface area contributed by atoms with Crippen molar-refractivity contribution in [1.82, 2.24) is 0 Å². The Morgan fingerprint density at radius 1 is 0.548 bits per heavy atom. The van der Waals surface area contributed by atoms with Gasteiger partial charge < -0.3 is 30.2 Å². The van der Waals surface area contributed by atoms with Crippen molar-refractivity contribution < 1.29 is 20.4 Å². The predicted molar refractivity (Wildman–Crippen MR) is 166 cm³/mol. The quantitative estimate of drug-likeness (QED) is 0.434. The van der Waals surface area contributed by atoms with Crippen molar-refractivity contribution in [2.24, 2.45) is 0 Å². The molecule has 0 fully saturated rings. The molecule has 0 atom stereocenters. The molecule has 0 saturated carbocycles. The van der Waals surface area contributed by atoms with Crippen molar-refractivity contribution in [3.63, 3.8) is 0 Å². The van der Waals surface area contributed by atoms with Crippen molar-refractivity contribution in [3.05, 3.63) is 57.0 Å². The standard InChI is InChI=1S/C36H46N2O4/c1-33(2)9-13-37-15-11-35(5,6)25-27(37)21(33)17-19(29(25)39)23-31(41)24(32(23)42)20-18-22-28-26(30(20)40)36(7,8)12-16-38(28)14-10-34(22,3)4/h17-18,39-42H,9-16H2,1-8H3/p-2. The summed E-state index contributed by atoms with van der Waals surface area (Å²) >= 11 is 0. The van der Waals surface area contributed by atoms with Gasteiger partial charge in [0.1, 0.15) is 11.5 Å².